The maximum absolute atomic E-state index is 13.0. The Hall–Kier alpha value is -1.00. The van der Waals surface area contributed by atoms with Crippen LogP contribution in [0, 0.1) is 11.6 Å². The average Bonchev–Trinajstić information content (AvgIpc) is 2.28. The number of hydrogen-bond acceptors (Lipinski definition) is 2. The minimum Gasteiger partial charge on any atom is -0.386 e. The van der Waals surface area contributed by atoms with E-state index in [0.29, 0.717) is 18.6 Å². The first kappa shape index (κ1) is 13.1. The maximum Gasteiger partial charge on any atom is 0.159 e. The molecule has 1 N–H and O–H groups in total. The third-order valence-corrected chi connectivity index (χ3v) is 2.42. The fraction of sp³-hybridized carbons (Fsp3) is 0.500. The Morgan fingerprint density at radius 2 is 1.94 bits per heavy atom. The lowest BCUT2D eigenvalue weighted by molar-refractivity contribution is -0.0357. The van der Waals surface area contributed by atoms with Gasteiger partial charge in [-0.25, -0.2) is 8.78 Å². The lowest BCUT2D eigenvalue weighted by atomic mass is 10.0. The van der Waals surface area contributed by atoms with Gasteiger partial charge in [-0.2, -0.15) is 0 Å². The lowest BCUT2D eigenvalue weighted by Crippen LogP contribution is -2.21. The van der Waals surface area contributed by atoms with Gasteiger partial charge in [-0.15, -0.1) is 0 Å². The molecule has 0 heterocycles. The van der Waals surface area contributed by atoms with Gasteiger partial charge < -0.3 is 9.84 Å². The molecule has 90 valence electrons. The standard InChI is InChI=1S/C12H16F2O2/c1-3-11(16-4-2)12(15)8-5-6-9(13)10(14)7-8/h5-7,11-12,15H,3-4H2,1-2H3. The van der Waals surface area contributed by atoms with Crippen LogP contribution < -0.4 is 0 Å². The van der Waals surface area contributed by atoms with Crippen molar-refractivity contribution in [1.82, 2.24) is 0 Å². The Balaban J connectivity index is 2.85. The molecule has 16 heavy (non-hydrogen) atoms. The van der Waals surface area contributed by atoms with Crippen LogP contribution in [-0.2, 0) is 4.74 Å². The molecule has 1 aromatic carbocycles. The van der Waals surface area contributed by atoms with E-state index >= 15 is 0 Å². The van der Waals surface area contributed by atoms with Gasteiger partial charge in [-0.1, -0.05) is 13.0 Å². The summed E-state index contributed by atoms with van der Waals surface area (Å²) in [6.07, 6.45) is -0.719. The molecule has 0 radical (unpaired) electrons. The van der Waals surface area contributed by atoms with Crippen LogP contribution >= 0.6 is 0 Å². The summed E-state index contributed by atoms with van der Waals surface area (Å²) < 4.78 is 31.0. The molecule has 0 aliphatic carbocycles. The summed E-state index contributed by atoms with van der Waals surface area (Å²) in [5, 5.41) is 9.91. The van der Waals surface area contributed by atoms with Gasteiger partial charge in [0.1, 0.15) is 6.10 Å². The van der Waals surface area contributed by atoms with Crippen molar-refractivity contribution in [3.05, 3.63) is 35.4 Å². The largest absolute Gasteiger partial charge is 0.386 e. The molecular formula is C12H16F2O2. The van der Waals surface area contributed by atoms with Crippen molar-refractivity contribution in [3.8, 4) is 0 Å². The Morgan fingerprint density at radius 1 is 1.25 bits per heavy atom. The number of hydrogen-bond donors (Lipinski definition) is 1. The van der Waals surface area contributed by atoms with Crippen LogP contribution in [0.1, 0.15) is 31.9 Å². The number of aliphatic hydroxyl groups excluding tert-OH is 1. The van der Waals surface area contributed by atoms with Crippen LogP contribution in [0.2, 0.25) is 0 Å². The van der Waals surface area contributed by atoms with E-state index in [1.807, 2.05) is 13.8 Å². The summed E-state index contributed by atoms with van der Waals surface area (Å²) in [5.74, 6) is -1.87. The van der Waals surface area contributed by atoms with Crippen molar-refractivity contribution in [2.45, 2.75) is 32.5 Å². The van der Waals surface area contributed by atoms with E-state index in [0.717, 1.165) is 12.1 Å². The van der Waals surface area contributed by atoms with Crippen molar-refractivity contribution in [1.29, 1.82) is 0 Å². The van der Waals surface area contributed by atoms with Crippen LogP contribution in [0.15, 0.2) is 18.2 Å². The average molecular weight is 230 g/mol. The molecule has 1 aromatic rings. The van der Waals surface area contributed by atoms with Crippen molar-refractivity contribution in [3.63, 3.8) is 0 Å². The molecule has 0 bridgehead atoms. The van der Waals surface area contributed by atoms with E-state index in [9.17, 15) is 13.9 Å². The number of benzene rings is 1. The van der Waals surface area contributed by atoms with Gasteiger partial charge in [0, 0.05) is 6.61 Å². The summed E-state index contributed by atoms with van der Waals surface area (Å²) in [7, 11) is 0. The summed E-state index contributed by atoms with van der Waals surface area (Å²) in [6.45, 7) is 4.16. The van der Waals surface area contributed by atoms with Gasteiger partial charge >= 0.3 is 0 Å². The van der Waals surface area contributed by atoms with Crippen LogP contribution in [0.25, 0.3) is 0 Å². The minimum absolute atomic E-state index is 0.333. The van der Waals surface area contributed by atoms with Gasteiger partial charge in [0.15, 0.2) is 11.6 Å². The summed E-state index contributed by atoms with van der Waals surface area (Å²) in [4.78, 5) is 0. The predicted octanol–water partition coefficient (Wildman–Crippen LogP) is 2.81. The molecule has 1 rings (SSSR count). The Bertz CT molecular complexity index is 342. The Morgan fingerprint density at radius 3 is 2.44 bits per heavy atom. The zero-order valence-corrected chi connectivity index (χ0v) is 9.41. The Labute approximate surface area is 93.9 Å². The van der Waals surface area contributed by atoms with E-state index in [1.54, 1.807) is 0 Å². The quantitative estimate of drug-likeness (QED) is 0.842. The molecule has 4 heteroatoms. The molecule has 0 spiro atoms. The highest BCUT2D eigenvalue weighted by Crippen LogP contribution is 2.23. The van der Waals surface area contributed by atoms with Gasteiger partial charge in [0.25, 0.3) is 0 Å². The number of ether oxygens (including phenoxy) is 1. The highest BCUT2D eigenvalue weighted by molar-refractivity contribution is 5.20. The number of aliphatic hydroxyl groups is 1. The summed E-state index contributed by atoms with van der Waals surface area (Å²) in [5.41, 5.74) is 0.333. The van der Waals surface area contributed by atoms with Gasteiger partial charge in [-0.05, 0) is 31.0 Å². The van der Waals surface area contributed by atoms with Crippen LogP contribution in [0.4, 0.5) is 8.78 Å². The maximum atomic E-state index is 13.0. The van der Waals surface area contributed by atoms with Gasteiger partial charge in [-0.3, -0.25) is 0 Å². The van der Waals surface area contributed by atoms with Crippen molar-refractivity contribution < 1.29 is 18.6 Å². The first-order valence-electron chi connectivity index (χ1n) is 5.34. The summed E-state index contributed by atoms with van der Waals surface area (Å²) >= 11 is 0. The Kier molecular flexibility index (Phi) is 4.83. The topological polar surface area (TPSA) is 29.5 Å². The third-order valence-electron chi connectivity index (χ3n) is 2.42. The van der Waals surface area contributed by atoms with Crippen molar-refractivity contribution >= 4 is 0 Å². The highest BCUT2D eigenvalue weighted by atomic mass is 19.2. The molecule has 2 nitrogen and oxygen atoms in total. The van der Waals surface area contributed by atoms with E-state index in [1.165, 1.54) is 6.07 Å². The molecule has 0 aliphatic heterocycles. The molecule has 0 aliphatic rings. The zero-order chi connectivity index (χ0) is 12.1. The zero-order valence-electron chi connectivity index (χ0n) is 9.41. The van der Waals surface area contributed by atoms with Gasteiger partial charge in [0.05, 0.1) is 6.10 Å². The van der Waals surface area contributed by atoms with Crippen LogP contribution in [0.3, 0.4) is 0 Å². The van der Waals surface area contributed by atoms with Crippen molar-refractivity contribution in [2.75, 3.05) is 6.61 Å². The monoisotopic (exact) mass is 230 g/mol. The van der Waals surface area contributed by atoms with E-state index in [2.05, 4.69) is 0 Å². The molecule has 2 unspecified atom stereocenters. The molecule has 0 saturated carbocycles. The second-order valence-corrected chi connectivity index (χ2v) is 3.52. The number of rotatable bonds is 5. The molecule has 0 fully saturated rings. The molecule has 0 aromatic heterocycles. The third kappa shape index (κ3) is 3.00. The van der Waals surface area contributed by atoms with Crippen LogP contribution in [-0.4, -0.2) is 17.8 Å². The van der Waals surface area contributed by atoms with Crippen LogP contribution in [0.5, 0.6) is 0 Å². The molecule has 0 saturated heterocycles. The molecule has 0 amide bonds. The first-order chi connectivity index (χ1) is 7.60. The smallest absolute Gasteiger partial charge is 0.159 e. The van der Waals surface area contributed by atoms with Crippen molar-refractivity contribution in [2.24, 2.45) is 0 Å². The second kappa shape index (κ2) is 5.92. The molecule has 2 atom stereocenters. The van der Waals surface area contributed by atoms with E-state index < -0.39 is 23.8 Å². The second-order valence-electron chi connectivity index (χ2n) is 3.52. The predicted molar refractivity (Wildman–Crippen MR) is 57.0 cm³/mol. The molecular weight excluding hydrogens is 214 g/mol. The fourth-order valence-electron chi connectivity index (χ4n) is 1.56. The highest BCUT2D eigenvalue weighted by Gasteiger charge is 2.20. The first-order valence-corrected chi connectivity index (χ1v) is 5.34. The minimum atomic E-state index is -0.956. The lowest BCUT2D eigenvalue weighted by Gasteiger charge is -2.21. The van der Waals surface area contributed by atoms with Gasteiger partial charge in [0.2, 0.25) is 0 Å². The van der Waals surface area contributed by atoms with E-state index in [4.69, 9.17) is 4.74 Å². The number of halogens is 2. The normalized spacial score (nSPS) is 14.8. The summed E-state index contributed by atoms with van der Waals surface area (Å²) in [6, 6.07) is 3.37. The fourth-order valence-corrected chi connectivity index (χ4v) is 1.56. The van der Waals surface area contributed by atoms with E-state index in [-0.39, 0.29) is 0 Å². The SMILES string of the molecule is CCOC(CC)C(O)c1ccc(F)c(F)c1.